The summed E-state index contributed by atoms with van der Waals surface area (Å²) in [6, 6.07) is 8.01. The Bertz CT molecular complexity index is 314. The van der Waals surface area contributed by atoms with Crippen molar-refractivity contribution in [3.8, 4) is 5.75 Å². The molecule has 1 unspecified atom stereocenters. The zero-order chi connectivity index (χ0) is 11.3. The van der Waals surface area contributed by atoms with Crippen LogP contribution in [0.5, 0.6) is 5.75 Å². The smallest absolute Gasteiger partial charge is 0.133 e. The van der Waals surface area contributed by atoms with E-state index in [9.17, 15) is 4.79 Å². The molecular formula is C13H18O2. The van der Waals surface area contributed by atoms with Crippen molar-refractivity contribution in [2.75, 3.05) is 0 Å². The van der Waals surface area contributed by atoms with Crippen LogP contribution in [0.3, 0.4) is 0 Å². The molecule has 0 saturated heterocycles. The van der Waals surface area contributed by atoms with Crippen molar-refractivity contribution in [1.82, 2.24) is 0 Å². The molecule has 1 aromatic carbocycles. The molecule has 1 aromatic rings. The second kappa shape index (κ2) is 5.54. The maximum atomic E-state index is 10.9. The molecule has 0 aromatic heterocycles. The van der Waals surface area contributed by atoms with Crippen molar-refractivity contribution in [2.24, 2.45) is 0 Å². The van der Waals surface area contributed by atoms with E-state index < -0.39 is 0 Å². The summed E-state index contributed by atoms with van der Waals surface area (Å²) in [7, 11) is 0. The molecular weight excluding hydrogens is 188 g/mol. The van der Waals surface area contributed by atoms with Gasteiger partial charge in [0.1, 0.15) is 17.6 Å². The van der Waals surface area contributed by atoms with Crippen LogP contribution in [0, 0.1) is 0 Å². The summed E-state index contributed by atoms with van der Waals surface area (Å²) in [6.45, 7) is 5.61. The summed E-state index contributed by atoms with van der Waals surface area (Å²) in [5.74, 6) is 0.994. The molecule has 0 aliphatic carbocycles. The van der Waals surface area contributed by atoms with Gasteiger partial charge in [-0.3, -0.25) is 4.79 Å². The van der Waals surface area contributed by atoms with Crippen molar-refractivity contribution in [2.45, 2.75) is 39.7 Å². The van der Waals surface area contributed by atoms with E-state index in [-0.39, 0.29) is 11.9 Å². The van der Waals surface area contributed by atoms with Crippen molar-refractivity contribution < 1.29 is 9.53 Å². The highest BCUT2D eigenvalue weighted by atomic mass is 16.5. The van der Waals surface area contributed by atoms with Crippen LogP contribution >= 0.6 is 0 Å². The van der Waals surface area contributed by atoms with Crippen LogP contribution in [-0.4, -0.2) is 11.9 Å². The molecule has 0 aliphatic heterocycles. The van der Waals surface area contributed by atoms with Crippen LogP contribution in [0.2, 0.25) is 0 Å². The lowest BCUT2D eigenvalue weighted by molar-refractivity contribution is -0.118. The Morgan fingerprint density at radius 3 is 2.40 bits per heavy atom. The Morgan fingerprint density at radius 2 is 1.93 bits per heavy atom. The second-order valence-corrected chi connectivity index (χ2v) is 3.83. The predicted molar refractivity (Wildman–Crippen MR) is 61.2 cm³/mol. The van der Waals surface area contributed by atoms with Gasteiger partial charge in [-0.2, -0.15) is 0 Å². The van der Waals surface area contributed by atoms with Gasteiger partial charge >= 0.3 is 0 Å². The summed E-state index contributed by atoms with van der Waals surface area (Å²) >= 11 is 0. The Balaban J connectivity index is 2.53. The molecule has 2 heteroatoms. The number of benzene rings is 1. The molecule has 2 nitrogen and oxygen atoms in total. The molecule has 0 heterocycles. The number of Topliss-reactive ketones (excluding diaryl/α,β-unsaturated/α-hetero) is 1. The number of ether oxygens (including phenoxy) is 1. The normalized spacial score (nSPS) is 12.2. The summed E-state index contributed by atoms with van der Waals surface area (Å²) in [4.78, 5) is 10.9. The van der Waals surface area contributed by atoms with Crippen LogP contribution in [0.15, 0.2) is 24.3 Å². The van der Waals surface area contributed by atoms with Crippen molar-refractivity contribution in [3.63, 3.8) is 0 Å². The van der Waals surface area contributed by atoms with Gasteiger partial charge in [-0.05, 0) is 38.0 Å². The monoisotopic (exact) mass is 206 g/mol. The maximum Gasteiger partial charge on any atom is 0.133 e. The largest absolute Gasteiger partial charge is 0.490 e. The average Bonchev–Trinajstić information content (AvgIpc) is 2.17. The first-order chi connectivity index (χ1) is 7.11. The Labute approximate surface area is 91.3 Å². The van der Waals surface area contributed by atoms with E-state index in [4.69, 9.17) is 4.74 Å². The van der Waals surface area contributed by atoms with Crippen LogP contribution < -0.4 is 4.74 Å². The van der Waals surface area contributed by atoms with Gasteiger partial charge in [-0.25, -0.2) is 0 Å². The van der Waals surface area contributed by atoms with E-state index >= 15 is 0 Å². The minimum atomic E-state index is -0.0463. The minimum Gasteiger partial charge on any atom is -0.490 e. The van der Waals surface area contributed by atoms with E-state index in [1.165, 1.54) is 5.56 Å². The number of carbonyl (C=O) groups excluding carboxylic acids is 1. The van der Waals surface area contributed by atoms with E-state index in [0.29, 0.717) is 6.42 Å². The van der Waals surface area contributed by atoms with Gasteiger partial charge in [0, 0.05) is 6.42 Å². The fourth-order valence-electron chi connectivity index (χ4n) is 1.48. The molecule has 0 fully saturated rings. The average molecular weight is 206 g/mol. The topological polar surface area (TPSA) is 26.3 Å². The van der Waals surface area contributed by atoms with Gasteiger partial charge < -0.3 is 4.74 Å². The van der Waals surface area contributed by atoms with Crippen LogP contribution in [0.25, 0.3) is 0 Å². The fraction of sp³-hybridized carbons (Fsp3) is 0.462. The van der Waals surface area contributed by atoms with E-state index in [1.807, 2.05) is 19.1 Å². The van der Waals surface area contributed by atoms with Gasteiger partial charge in [-0.1, -0.05) is 19.1 Å². The standard InChI is InChI=1S/C13H18O2/c1-4-12-5-7-13(8-6-12)15-11(3)9-10(2)14/h5-8,11H,4,9H2,1-3H3. The summed E-state index contributed by atoms with van der Waals surface area (Å²) in [6.07, 6.45) is 1.45. The summed E-state index contributed by atoms with van der Waals surface area (Å²) in [5, 5.41) is 0. The lowest BCUT2D eigenvalue weighted by atomic mass is 10.1. The first-order valence-corrected chi connectivity index (χ1v) is 5.37. The maximum absolute atomic E-state index is 10.9. The summed E-state index contributed by atoms with van der Waals surface area (Å²) in [5.41, 5.74) is 1.29. The third-order valence-corrected chi connectivity index (χ3v) is 2.24. The minimum absolute atomic E-state index is 0.0463. The van der Waals surface area contributed by atoms with Gasteiger partial charge in [0.05, 0.1) is 0 Å². The third-order valence-electron chi connectivity index (χ3n) is 2.24. The molecule has 0 aliphatic rings. The fourth-order valence-corrected chi connectivity index (χ4v) is 1.48. The Hall–Kier alpha value is -1.31. The van der Waals surface area contributed by atoms with Gasteiger partial charge in [0.25, 0.3) is 0 Å². The molecule has 0 bridgehead atoms. The molecule has 15 heavy (non-hydrogen) atoms. The number of carbonyl (C=O) groups is 1. The Kier molecular flexibility index (Phi) is 4.35. The van der Waals surface area contributed by atoms with Crippen LogP contribution in [0.1, 0.15) is 32.8 Å². The van der Waals surface area contributed by atoms with E-state index in [2.05, 4.69) is 19.1 Å². The summed E-state index contributed by atoms with van der Waals surface area (Å²) < 4.78 is 5.60. The van der Waals surface area contributed by atoms with Gasteiger partial charge in [0.2, 0.25) is 0 Å². The predicted octanol–water partition coefficient (Wildman–Crippen LogP) is 3.00. The lowest BCUT2D eigenvalue weighted by Crippen LogP contribution is -2.15. The number of rotatable bonds is 5. The molecule has 82 valence electrons. The highest BCUT2D eigenvalue weighted by molar-refractivity contribution is 5.75. The zero-order valence-corrected chi connectivity index (χ0v) is 9.62. The molecule has 0 saturated carbocycles. The third kappa shape index (κ3) is 4.15. The SMILES string of the molecule is CCc1ccc(OC(C)CC(C)=O)cc1. The van der Waals surface area contributed by atoms with Crippen molar-refractivity contribution >= 4 is 5.78 Å². The van der Waals surface area contributed by atoms with Gasteiger partial charge in [-0.15, -0.1) is 0 Å². The number of aryl methyl sites for hydroxylation is 1. The molecule has 0 N–H and O–H groups in total. The lowest BCUT2D eigenvalue weighted by Gasteiger charge is -2.13. The van der Waals surface area contributed by atoms with Crippen molar-refractivity contribution in [3.05, 3.63) is 29.8 Å². The molecule has 1 rings (SSSR count). The first-order valence-electron chi connectivity index (χ1n) is 5.37. The van der Waals surface area contributed by atoms with E-state index in [0.717, 1.165) is 12.2 Å². The molecule has 0 amide bonds. The highest BCUT2D eigenvalue weighted by Crippen LogP contribution is 2.15. The highest BCUT2D eigenvalue weighted by Gasteiger charge is 2.06. The number of hydrogen-bond donors (Lipinski definition) is 0. The zero-order valence-electron chi connectivity index (χ0n) is 9.62. The van der Waals surface area contributed by atoms with Crippen LogP contribution in [-0.2, 0) is 11.2 Å². The number of hydrogen-bond acceptors (Lipinski definition) is 2. The number of ketones is 1. The first kappa shape index (κ1) is 11.8. The van der Waals surface area contributed by atoms with Crippen LogP contribution in [0.4, 0.5) is 0 Å². The molecule has 1 atom stereocenters. The second-order valence-electron chi connectivity index (χ2n) is 3.83. The van der Waals surface area contributed by atoms with Gasteiger partial charge in [0.15, 0.2) is 0 Å². The Morgan fingerprint density at radius 1 is 1.33 bits per heavy atom. The molecule has 0 radical (unpaired) electrons. The quantitative estimate of drug-likeness (QED) is 0.740. The molecule has 0 spiro atoms. The van der Waals surface area contributed by atoms with E-state index in [1.54, 1.807) is 6.92 Å². The van der Waals surface area contributed by atoms with Crippen molar-refractivity contribution in [1.29, 1.82) is 0 Å².